The van der Waals surface area contributed by atoms with Gasteiger partial charge in [0.15, 0.2) is 0 Å². The fraction of sp³-hybridized carbons (Fsp3) is 0.455. The Hall–Kier alpha value is -2.38. The summed E-state index contributed by atoms with van der Waals surface area (Å²) in [6.07, 6.45) is 0.820. The molecule has 0 fully saturated rings. The van der Waals surface area contributed by atoms with E-state index in [2.05, 4.69) is 19.2 Å². The number of quaternary nitrogens is 1. The number of ether oxygens (including phenoxy) is 1. The first-order chi connectivity index (χ1) is 13.8. The molecule has 0 saturated heterocycles. The van der Waals surface area contributed by atoms with Gasteiger partial charge in [-0.1, -0.05) is 0 Å². The number of hydrogen-bond acceptors (Lipinski definition) is 5. The Bertz CT molecular complexity index is 887. The molecule has 0 spiro atoms. The Morgan fingerprint density at radius 1 is 1.24 bits per heavy atom. The number of amides is 1. The van der Waals surface area contributed by atoms with Crippen molar-refractivity contribution in [3.05, 3.63) is 45.8 Å². The van der Waals surface area contributed by atoms with Crippen LogP contribution in [0.3, 0.4) is 0 Å². The predicted molar refractivity (Wildman–Crippen MR) is 117 cm³/mol. The van der Waals surface area contributed by atoms with Crippen LogP contribution >= 0.6 is 11.3 Å². The number of nitrogens with one attached hydrogen (secondary N) is 2. The maximum atomic E-state index is 12.8. The minimum Gasteiger partial charge on any atom is -0.462 e. The maximum absolute atomic E-state index is 12.8. The highest BCUT2D eigenvalue weighted by molar-refractivity contribution is 7.17. The molecule has 3 rings (SSSR count). The number of carbonyl (C=O) groups excluding carboxylic acids is 2. The number of benzene rings is 1. The zero-order chi connectivity index (χ0) is 21.1. The van der Waals surface area contributed by atoms with Crippen molar-refractivity contribution in [3.8, 4) is 0 Å². The molecule has 1 atom stereocenters. The SMILES string of the molecule is CCOC(=O)c1c(NC(=O)c2ccc(N(C)C)cc2)sc2c1CC[NH+](C(C)C)C2. The second-order valence-electron chi connectivity index (χ2n) is 7.81. The van der Waals surface area contributed by atoms with Crippen molar-refractivity contribution >= 4 is 33.9 Å². The summed E-state index contributed by atoms with van der Waals surface area (Å²) in [7, 11) is 3.92. The molecule has 7 heteroatoms. The van der Waals surface area contributed by atoms with Gasteiger partial charge in [0.1, 0.15) is 11.5 Å². The second kappa shape index (κ2) is 8.97. The van der Waals surface area contributed by atoms with Crippen molar-refractivity contribution < 1.29 is 19.2 Å². The third-order valence-electron chi connectivity index (χ3n) is 5.34. The van der Waals surface area contributed by atoms with Gasteiger partial charge in [-0.2, -0.15) is 0 Å². The van der Waals surface area contributed by atoms with Gasteiger partial charge in [0.25, 0.3) is 5.91 Å². The molecule has 0 bridgehead atoms. The highest BCUT2D eigenvalue weighted by Gasteiger charge is 2.32. The van der Waals surface area contributed by atoms with Gasteiger partial charge in [0.2, 0.25) is 0 Å². The largest absolute Gasteiger partial charge is 0.462 e. The molecule has 1 unspecified atom stereocenters. The smallest absolute Gasteiger partial charge is 0.341 e. The van der Waals surface area contributed by atoms with E-state index in [1.54, 1.807) is 19.1 Å². The van der Waals surface area contributed by atoms with E-state index in [0.717, 1.165) is 30.8 Å². The lowest BCUT2D eigenvalue weighted by Gasteiger charge is -2.27. The summed E-state index contributed by atoms with van der Waals surface area (Å²) in [6.45, 7) is 8.38. The van der Waals surface area contributed by atoms with E-state index >= 15 is 0 Å². The average molecular weight is 417 g/mol. The summed E-state index contributed by atoms with van der Waals surface area (Å²) in [5.74, 6) is -0.566. The quantitative estimate of drug-likeness (QED) is 0.711. The predicted octanol–water partition coefficient (Wildman–Crippen LogP) is 2.59. The lowest BCUT2D eigenvalue weighted by atomic mass is 10.0. The molecule has 2 aromatic rings. The summed E-state index contributed by atoms with van der Waals surface area (Å²) in [4.78, 5) is 30.2. The van der Waals surface area contributed by atoms with Crippen LogP contribution in [-0.4, -0.2) is 45.2 Å². The van der Waals surface area contributed by atoms with E-state index < -0.39 is 0 Å². The second-order valence-corrected chi connectivity index (χ2v) is 8.92. The van der Waals surface area contributed by atoms with Crippen LogP contribution in [0.5, 0.6) is 0 Å². The van der Waals surface area contributed by atoms with Crippen molar-refractivity contribution in [2.75, 3.05) is 37.5 Å². The number of nitrogens with zero attached hydrogens (tertiary/aromatic N) is 1. The van der Waals surface area contributed by atoms with E-state index in [9.17, 15) is 9.59 Å². The summed E-state index contributed by atoms with van der Waals surface area (Å²) in [6, 6.07) is 7.93. The monoisotopic (exact) mass is 416 g/mol. The summed E-state index contributed by atoms with van der Waals surface area (Å²) < 4.78 is 5.30. The zero-order valence-electron chi connectivity index (χ0n) is 17.8. The third-order valence-corrected chi connectivity index (χ3v) is 6.49. The van der Waals surface area contributed by atoms with Gasteiger partial charge in [-0.15, -0.1) is 11.3 Å². The molecule has 29 heavy (non-hydrogen) atoms. The summed E-state index contributed by atoms with van der Waals surface area (Å²) >= 11 is 1.51. The van der Waals surface area contributed by atoms with Crippen LogP contribution in [0, 0.1) is 0 Å². The van der Waals surface area contributed by atoms with Crippen LogP contribution in [0.2, 0.25) is 0 Å². The fourth-order valence-corrected chi connectivity index (χ4v) is 4.87. The lowest BCUT2D eigenvalue weighted by Crippen LogP contribution is -3.14. The van der Waals surface area contributed by atoms with Crippen LogP contribution in [0.15, 0.2) is 24.3 Å². The number of thiophene rings is 1. The first kappa shape index (κ1) is 21.3. The topological polar surface area (TPSA) is 63.1 Å². The number of carbonyl (C=O) groups is 2. The molecular formula is C22H30N3O3S+. The normalized spacial score (nSPS) is 15.7. The Kier molecular flexibility index (Phi) is 6.59. The van der Waals surface area contributed by atoms with Crippen molar-refractivity contribution in [2.24, 2.45) is 0 Å². The van der Waals surface area contributed by atoms with E-state index in [4.69, 9.17) is 4.74 Å². The fourth-order valence-electron chi connectivity index (χ4n) is 3.59. The van der Waals surface area contributed by atoms with E-state index in [0.29, 0.717) is 28.8 Å². The maximum Gasteiger partial charge on any atom is 0.341 e. The molecule has 0 saturated carbocycles. The molecule has 0 aliphatic carbocycles. The molecule has 1 aliphatic rings. The Morgan fingerprint density at radius 3 is 2.52 bits per heavy atom. The summed E-state index contributed by atoms with van der Waals surface area (Å²) in [5, 5.41) is 3.57. The van der Waals surface area contributed by atoms with Crippen molar-refractivity contribution in [1.82, 2.24) is 0 Å². The van der Waals surface area contributed by atoms with Crippen LogP contribution in [0.25, 0.3) is 0 Å². The number of anilines is 2. The van der Waals surface area contributed by atoms with Gasteiger partial charge in [0, 0.05) is 31.8 Å². The van der Waals surface area contributed by atoms with Gasteiger partial charge in [-0.05, 0) is 50.6 Å². The van der Waals surface area contributed by atoms with Gasteiger partial charge < -0.3 is 19.9 Å². The zero-order valence-corrected chi connectivity index (χ0v) is 18.6. The first-order valence-corrected chi connectivity index (χ1v) is 10.9. The van der Waals surface area contributed by atoms with E-state index in [1.165, 1.54) is 21.1 Å². The van der Waals surface area contributed by atoms with Crippen molar-refractivity contribution in [2.45, 2.75) is 39.8 Å². The number of hydrogen-bond donors (Lipinski definition) is 2. The minimum absolute atomic E-state index is 0.215. The Balaban J connectivity index is 1.89. The molecule has 1 aromatic carbocycles. The summed E-state index contributed by atoms with van der Waals surface area (Å²) in [5.41, 5.74) is 3.16. The third kappa shape index (κ3) is 4.62. The Labute approximate surface area is 176 Å². The van der Waals surface area contributed by atoms with Crippen molar-refractivity contribution in [1.29, 1.82) is 0 Å². The molecule has 0 radical (unpaired) electrons. The standard InChI is InChI=1S/C22H29N3O3S/c1-6-28-22(27)19-17-11-12-25(14(2)3)13-18(17)29-21(19)23-20(26)15-7-9-16(10-8-15)24(4)5/h7-10,14H,6,11-13H2,1-5H3,(H,23,26)/p+1. The molecule has 156 valence electrons. The van der Waals surface area contributed by atoms with Crippen molar-refractivity contribution in [3.63, 3.8) is 0 Å². The molecule has 2 N–H and O–H groups in total. The highest BCUT2D eigenvalue weighted by Crippen LogP contribution is 2.35. The molecule has 1 amide bonds. The van der Waals surface area contributed by atoms with Gasteiger partial charge >= 0.3 is 5.97 Å². The molecule has 1 aliphatic heterocycles. The molecule has 1 aromatic heterocycles. The van der Waals surface area contributed by atoms with Gasteiger partial charge in [0.05, 0.1) is 29.6 Å². The van der Waals surface area contributed by atoms with E-state index in [-0.39, 0.29) is 11.9 Å². The average Bonchev–Trinajstić information content (AvgIpc) is 3.05. The van der Waals surface area contributed by atoms with Crippen LogP contribution in [0.4, 0.5) is 10.7 Å². The van der Waals surface area contributed by atoms with Crippen LogP contribution in [0.1, 0.15) is 51.9 Å². The number of rotatable bonds is 6. The first-order valence-electron chi connectivity index (χ1n) is 10.1. The molecule has 6 nitrogen and oxygen atoms in total. The van der Waals surface area contributed by atoms with Gasteiger partial charge in [-0.3, -0.25) is 4.79 Å². The Morgan fingerprint density at radius 2 is 1.93 bits per heavy atom. The van der Waals surface area contributed by atoms with E-state index in [1.807, 2.05) is 31.1 Å². The number of fused-ring (bicyclic) bond motifs is 1. The molecule has 2 heterocycles. The number of esters is 1. The van der Waals surface area contributed by atoms with Gasteiger partial charge in [-0.25, -0.2) is 4.79 Å². The highest BCUT2D eigenvalue weighted by atomic mass is 32.1. The molecular weight excluding hydrogens is 386 g/mol. The van der Waals surface area contributed by atoms with Crippen LogP contribution in [-0.2, 0) is 17.7 Å². The minimum atomic E-state index is -0.351. The van der Waals surface area contributed by atoms with Crippen LogP contribution < -0.4 is 15.1 Å². The lowest BCUT2D eigenvalue weighted by molar-refractivity contribution is -0.936.